The molecule has 0 aliphatic carbocycles. The minimum absolute atomic E-state index is 0.0885. The number of hydrogen-bond acceptors (Lipinski definition) is 6. The number of nitrogens with one attached hydrogen (secondary N) is 2. The average Bonchev–Trinajstić information content (AvgIpc) is 2.51. The van der Waals surface area contributed by atoms with Crippen molar-refractivity contribution in [1.82, 2.24) is 20.6 Å². The van der Waals surface area contributed by atoms with Gasteiger partial charge in [-0.3, -0.25) is 9.59 Å². The number of rotatable bonds is 7. The zero-order valence-electron chi connectivity index (χ0n) is 12.8. The summed E-state index contributed by atoms with van der Waals surface area (Å²) < 4.78 is 0. The molecule has 0 saturated carbocycles. The van der Waals surface area contributed by atoms with Gasteiger partial charge in [-0.25, -0.2) is 9.97 Å². The van der Waals surface area contributed by atoms with Crippen LogP contribution in [0.15, 0.2) is 17.6 Å². The molecule has 22 heavy (non-hydrogen) atoms. The molecular weight excluding hydrogens is 302 g/mol. The topological polar surface area (TPSA) is 108 Å². The summed E-state index contributed by atoms with van der Waals surface area (Å²) in [6, 6.07) is 1.14. The van der Waals surface area contributed by atoms with E-state index in [9.17, 15) is 9.59 Å². The summed E-state index contributed by atoms with van der Waals surface area (Å²) in [5.74, 6) is -0.566. The first-order valence-electron chi connectivity index (χ1n) is 6.79. The molecule has 0 saturated heterocycles. The number of nitriles is 1. The van der Waals surface area contributed by atoms with Crippen LogP contribution in [0, 0.1) is 17.2 Å². The summed E-state index contributed by atoms with van der Waals surface area (Å²) >= 11 is 1.38. The highest BCUT2D eigenvalue weighted by Gasteiger charge is 2.22. The van der Waals surface area contributed by atoms with E-state index in [0.717, 1.165) is 0 Å². The lowest BCUT2D eigenvalue weighted by atomic mass is 10.0. The van der Waals surface area contributed by atoms with Crippen LogP contribution in [0.3, 0.4) is 0 Å². The lowest BCUT2D eigenvalue weighted by molar-refractivity contribution is -0.123. The quantitative estimate of drug-likeness (QED) is 0.440. The van der Waals surface area contributed by atoms with Crippen LogP contribution in [0.5, 0.6) is 0 Å². The minimum Gasteiger partial charge on any atom is -0.341 e. The molecule has 1 rings (SSSR count). The van der Waals surface area contributed by atoms with Gasteiger partial charge in [-0.05, 0) is 18.6 Å². The molecule has 0 fully saturated rings. The normalized spacial score (nSPS) is 11.6. The van der Waals surface area contributed by atoms with Gasteiger partial charge in [-0.15, -0.1) is 0 Å². The Labute approximate surface area is 133 Å². The monoisotopic (exact) mass is 321 g/mol. The minimum atomic E-state index is -0.693. The standard InChI is InChI=1S/C14H19N5O2S/c1-9(2)6-11(13(21)16-5-4-15)19-12(20)10-7-17-14(22-3)18-8-10/h7-9,11H,5-6H2,1-3H3,(H,16,21)(H,19,20)/t11-/m0/s1. The van der Waals surface area contributed by atoms with E-state index in [2.05, 4.69) is 20.6 Å². The maximum absolute atomic E-state index is 12.2. The molecule has 2 amide bonds. The molecule has 1 atom stereocenters. The summed E-state index contributed by atoms with van der Waals surface area (Å²) in [5.41, 5.74) is 0.291. The Bertz CT molecular complexity index is 553. The van der Waals surface area contributed by atoms with Gasteiger partial charge in [-0.1, -0.05) is 25.6 Å². The van der Waals surface area contributed by atoms with Crippen molar-refractivity contribution in [2.75, 3.05) is 12.8 Å². The first-order chi connectivity index (χ1) is 10.5. The average molecular weight is 321 g/mol. The van der Waals surface area contributed by atoms with Crippen LogP contribution in [-0.4, -0.2) is 40.6 Å². The summed E-state index contributed by atoms with van der Waals surface area (Å²) in [4.78, 5) is 32.2. The number of hydrogen-bond donors (Lipinski definition) is 2. The molecule has 8 heteroatoms. The molecular formula is C14H19N5O2S. The molecule has 0 aromatic carbocycles. The van der Waals surface area contributed by atoms with E-state index in [1.165, 1.54) is 24.2 Å². The predicted molar refractivity (Wildman–Crippen MR) is 83.1 cm³/mol. The Kier molecular flexibility index (Phi) is 7.32. The third kappa shape index (κ3) is 5.69. The van der Waals surface area contributed by atoms with Crippen molar-refractivity contribution in [1.29, 1.82) is 5.26 Å². The van der Waals surface area contributed by atoms with Crippen LogP contribution in [0.2, 0.25) is 0 Å². The smallest absolute Gasteiger partial charge is 0.255 e. The second-order valence-corrected chi connectivity index (χ2v) is 5.76. The van der Waals surface area contributed by atoms with Gasteiger partial charge < -0.3 is 10.6 Å². The summed E-state index contributed by atoms with van der Waals surface area (Å²) in [6.07, 6.45) is 5.17. The first-order valence-corrected chi connectivity index (χ1v) is 8.02. The molecule has 0 radical (unpaired) electrons. The maximum Gasteiger partial charge on any atom is 0.255 e. The van der Waals surface area contributed by atoms with Gasteiger partial charge in [0.25, 0.3) is 5.91 Å². The Morgan fingerprint density at radius 2 is 2.00 bits per heavy atom. The second-order valence-electron chi connectivity index (χ2n) is 4.99. The summed E-state index contributed by atoms with van der Waals surface area (Å²) in [5, 5.41) is 14.2. The predicted octanol–water partition coefficient (Wildman–Crippen LogP) is 0.983. The van der Waals surface area contributed by atoms with E-state index in [4.69, 9.17) is 5.26 Å². The third-order valence-electron chi connectivity index (χ3n) is 2.74. The van der Waals surface area contributed by atoms with Crippen molar-refractivity contribution in [3.05, 3.63) is 18.0 Å². The molecule has 2 N–H and O–H groups in total. The van der Waals surface area contributed by atoms with Gasteiger partial charge in [0.15, 0.2) is 5.16 Å². The number of carbonyl (C=O) groups excluding carboxylic acids is 2. The fraction of sp³-hybridized carbons (Fsp3) is 0.500. The fourth-order valence-electron chi connectivity index (χ4n) is 1.73. The molecule has 7 nitrogen and oxygen atoms in total. The molecule has 1 heterocycles. The van der Waals surface area contributed by atoms with Crippen LogP contribution in [0.25, 0.3) is 0 Å². The van der Waals surface area contributed by atoms with Gasteiger partial charge in [0.1, 0.15) is 12.6 Å². The Balaban J connectivity index is 2.76. The van der Waals surface area contributed by atoms with Crippen molar-refractivity contribution in [3.8, 4) is 6.07 Å². The van der Waals surface area contributed by atoms with E-state index in [0.29, 0.717) is 17.1 Å². The first kappa shape index (κ1) is 17.9. The van der Waals surface area contributed by atoms with E-state index < -0.39 is 11.9 Å². The Morgan fingerprint density at radius 3 is 2.50 bits per heavy atom. The molecule has 0 aliphatic heterocycles. The number of carbonyl (C=O) groups is 2. The Morgan fingerprint density at radius 1 is 1.36 bits per heavy atom. The lowest BCUT2D eigenvalue weighted by Gasteiger charge is -2.19. The van der Waals surface area contributed by atoms with Gasteiger partial charge in [0.2, 0.25) is 5.91 Å². The maximum atomic E-state index is 12.2. The fourth-order valence-corrected chi connectivity index (χ4v) is 2.05. The Hall–Kier alpha value is -2.14. The molecule has 1 aromatic heterocycles. The number of aromatic nitrogens is 2. The SMILES string of the molecule is CSc1ncc(C(=O)N[C@@H](CC(C)C)C(=O)NCC#N)cn1. The number of amides is 2. The van der Waals surface area contributed by atoms with E-state index in [1.54, 1.807) is 0 Å². The van der Waals surface area contributed by atoms with Crippen LogP contribution in [-0.2, 0) is 4.79 Å². The molecule has 118 valence electrons. The molecule has 1 aromatic rings. The van der Waals surface area contributed by atoms with Gasteiger partial charge in [0, 0.05) is 12.4 Å². The van der Waals surface area contributed by atoms with Gasteiger partial charge in [-0.2, -0.15) is 5.26 Å². The number of nitrogens with zero attached hydrogens (tertiary/aromatic N) is 3. The van der Waals surface area contributed by atoms with Crippen molar-refractivity contribution >= 4 is 23.6 Å². The van der Waals surface area contributed by atoms with Crippen molar-refractivity contribution in [2.24, 2.45) is 5.92 Å². The van der Waals surface area contributed by atoms with Crippen molar-refractivity contribution in [2.45, 2.75) is 31.5 Å². The molecule has 0 spiro atoms. The molecule has 0 unspecified atom stereocenters. The van der Waals surface area contributed by atoms with Crippen LogP contribution in [0.1, 0.15) is 30.6 Å². The highest BCUT2D eigenvalue weighted by molar-refractivity contribution is 7.98. The van der Waals surface area contributed by atoms with Crippen LogP contribution >= 0.6 is 11.8 Å². The number of thioether (sulfide) groups is 1. The molecule has 0 bridgehead atoms. The largest absolute Gasteiger partial charge is 0.341 e. The van der Waals surface area contributed by atoms with Crippen LogP contribution in [0.4, 0.5) is 0 Å². The molecule has 0 aliphatic rings. The van der Waals surface area contributed by atoms with Gasteiger partial charge >= 0.3 is 0 Å². The highest BCUT2D eigenvalue weighted by atomic mass is 32.2. The van der Waals surface area contributed by atoms with Crippen LogP contribution < -0.4 is 10.6 Å². The van der Waals surface area contributed by atoms with E-state index >= 15 is 0 Å². The summed E-state index contributed by atoms with van der Waals surface area (Å²) in [6.45, 7) is 3.81. The summed E-state index contributed by atoms with van der Waals surface area (Å²) in [7, 11) is 0. The zero-order valence-corrected chi connectivity index (χ0v) is 13.6. The van der Waals surface area contributed by atoms with Crippen molar-refractivity contribution < 1.29 is 9.59 Å². The van der Waals surface area contributed by atoms with E-state index in [-0.39, 0.29) is 18.4 Å². The third-order valence-corrected chi connectivity index (χ3v) is 3.32. The highest BCUT2D eigenvalue weighted by Crippen LogP contribution is 2.09. The van der Waals surface area contributed by atoms with Gasteiger partial charge in [0.05, 0.1) is 11.6 Å². The lowest BCUT2D eigenvalue weighted by Crippen LogP contribution is -2.47. The van der Waals surface area contributed by atoms with Crippen molar-refractivity contribution in [3.63, 3.8) is 0 Å². The zero-order chi connectivity index (χ0) is 16.5. The second kappa shape index (κ2) is 9.00. The van der Waals surface area contributed by atoms with E-state index in [1.807, 2.05) is 26.2 Å².